The van der Waals surface area contributed by atoms with Gasteiger partial charge in [0.2, 0.25) is 0 Å². The van der Waals surface area contributed by atoms with Crippen molar-refractivity contribution in [3.8, 4) is 55.9 Å². The molecule has 0 N–H and O–H groups in total. The number of fused-ring (bicyclic) bond motifs is 7. The molecule has 14 aromatic rings. The Morgan fingerprint density at radius 2 is 0.575 bits per heavy atom. The van der Waals surface area contributed by atoms with Crippen LogP contribution in [-0.2, 0) is 0 Å². The molecule has 0 spiro atoms. The molecule has 2 heterocycles. The van der Waals surface area contributed by atoms with Crippen molar-refractivity contribution in [2.45, 2.75) is 0 Å². The van der Waals surface area contributed by atoms with Crippen LogP contribution in [0.5, 0.6) is 0 Å². The Morgan fingerprint density at radius 3 is 1.11 bits per heavy atom. The van der Waals surface area contributed by atoms with E-state index in [1.165, 1.54) is 98.9 Å². The molecule has 73 heavy (non-hydrogen) atoms. The summed E-state index contributed by atoms with van der Waals surface area (Å²) in [6.07, 6.45) is 0. The second kappa shape index (κ2) is 17.6. The van der Waals surface area contributed by atoms with Gasteiger partial charge in [0.05, 0.1) is 22.1 Å². The van der Waals surface area contributed by atoms with Crippen molar-refractivity contribution in [1.82, 2.24) is 9.13 Å². The van der Waals surface area contributed by atoms with Crippen LogP contribution < -0.4 is 4.90 Å². The first kappa shape index (κ1) is 42.2. The SMILES string of the molecule is c1ccc(N(c2ccc(-c3ccc(-c4cc(-c5ccc6c(c5)c5ccccc5n6-c5ccccc5)cc(-c5ccc6c(c5)c5ccccc5n6-c5ccccc5)c4)cc3)cc2)c2ccc3ccccc3c2)cc1. The normalized spacial score (nSPS) is 11.6. The maximum atomic E-state index is 2.39. The summed E-state index contributed by atoms with van der Waals surface area (Å²) in [5, 5.41) is 7.40. The minimum absolute atomic E-state index is 1.11. The van der Waals surface area contributed by atoms with Gasteiger partial charge in [0.15, 0.2) is 0 Å². The van der Waals surface area contributed by atoms with Crippen molar-refractivity contribution in [1.29, 1.82) is 0 Å². The quantitative estimate of drug-likeness (QED) is 0.141. The van der Waals surface area contributed by atoms with Crippen molar-refractivity contribution in [3.63, 3.8) is 0 Å². The van der Waals surface area contributed by atoms with Crippen LogP contribution in [0.25, 0.3) is 110 Å². The highest BCUT2D eigenvalue weighted by atomic mass is 15.1. The van der Waals surface area contributed by atoms with E-state index in [9.17, 15) is 0 Å². The van der Waals surface area contributed by atoms with Gasteiger partial charge in [-0.3, -0.25) is 0 Å². The molecule has 0 aliphatic heterocycles. The van der Waals surface area contributed by atoms with Gasteiger partial charge in [-0.2, -0.15) is 0 Å². The maximum absolute atomic E-state index is 2.39. The molecule has 0 radical (unpaired) electrons. The lowest BCUT2D eigenvalue weighted by Gasteiger charge is -2.26. The summed E-state index contributed by atoms with van der Waals surface area (Å²) in [5.41, 5.74) is 19.8. The number of benzene rings is 12. The average molecular weight is 930 g/mol. The fourth-order valence-electron chi connectivity index (χ4n) is 11.1. The van der Waals surface area contributed by atoms with E-state index in [1.807, 2.05) is 0 Å². The van der Waals surface area contributed by atoms with Crippen molar-refractivity contribution >= 4 is 71.4 Å². The molecule has 12 aromatic carbocycles. The first-order valence-electron chi connectivity index (χ1n) is 25.1. The highest BCUT2D eigenvalue weighted by Crippen LogP contribution is 2.42. The zero-order valence-electron chi connectivity index (χ0n) is 40.0. The lowest BCUT2D eigenvalue weighted by atomic mass is 9.91. The third-order valence-electron chi connectivity index (χ3n) is 14.7. The van der Waals surface area contributed by atoms with Crippen LogP contribution >= 0.6 is 0 Å². The maximum Gasteiger partial charge on any atom is 0.0541 e. The average Bonchev–Trinajstić information content (AvgIpc) is 3.98. The minimum Gasteiger partial charge on any atom is -0.310 e. The molecule has 0 saturated heterocycles. The van der Waals surface area contributed by atoms with Crippen molar-refractivity contribution in [3.05, 3.63) is 285 Å². The van der Waals surface area contributed by atoms with Crippen LogP contribution in [0.1, 0.15) is 0 Å². The van der Waals surface area contributed by atoms with Gasteiger partial charge in [-0.05, 0) is 171 Å². The summed E-state index contributed by atoms with van der Waals surface area (Å²) < 4.78 is 4.77. The number of para-hydroxylation sites is 5. The Morgan fingerprint density at radius 1 is 0.205 bits per heavy atom. The monoisotopic (exact) mass is 929 g/mol. The standard InChI is InChI=1S/C70H47N3/c1-4-18-58(19-5-1)71(62-39-34-48-16-10-11-17-52(48)45-62)61-37-32-50(33-38-61)49-28-30-51(31-29-49)55-42-56(53-35-40-69-65(46-53)63-24-12-14-26-67(63)72(69)59-20-6-2-7-21-59)44-57(43-55)54-36-41-70-66(47-54)64-25-13-15-27-68(64)73(70)60-22-8-3-9-23-60/h1-47H. The third-order valence-corrected chi connectivity index (χ3v) is 14.7. The second-order valence-corrected chi connectivity index (χ2v) is 19.0. The Labute approximate surface area is 424 Å². The smallest absolute Gasteiger partial charge is 0.0541 e. The Kier molecular flexibility index (Phi) is 10.2. The summed E-state index contributed by atoms with van der Waals surface area (Å²) in [5.74, 6) is 0. The van der Waals surface area contributed by atoms with Gasteiger partial charge in [0, 0.05) is 50.0 Å². The summed E-state index contributed by atoms with van der Waals surface area (Å²) >= 11 is 0. The molecule has 0 amide bonds. The first-order valence-corrected chi connectivity index (χ1v) is 25.1. The van der Waals surface area contributed by atoms with Crippen molar-refractivity contribution < 1.29 is 0 Å². The molecule has 0 fully saturated rings. The number of hydrogen-bond acceptors (Lipinski definition) is 1. The van der Waals surface area contributed by atoms with Gasteiger partial charge in [-0.15, -0.1) is 0 Å². The zero-order valence-corrected chi connectivity index (χ0v) is 40.0. The third kappa shape index (κ3) is 7.46. The fraction of sp³-hybridized carbons (Fsp3) is 0. The predicted octanol–water partition coefficient (Wildman–Crippen LogP) is 19.2. The molecule has 3 nitrogen and oxygen atoms in total. The van der Waals surface area contributed by atoms with Gasteiger partial charge in [0.1, 0.15) is 0 Å². The van der Waals surface area contributed by atoms with E-state index in [0.29, 0.717) is 0 Å². The van der Waals surface area contributed by atoms with E-state index in [0.717, 1.165) is 28.4 Å². The minimum atomic E-state index is 1.11. The first-order chi connectivity index (χ1) is 36.2. The van der Waals surface area contributed by atoms with E-state index in [-0.39, 0.29) is 0 Å². The van der Waals surface area contributed by atoms with Crippen molar-refractivity contribution in [2.75, 3.05) is 4.90 Å². The molecule has 2 aromatic heterocycles. The molecule has 14 rings (SSSR count). The molecule has 0 bridgehead atoms. The van der Waals surface area contributed by atoms with E-state index >= 15 is 0 Å². The number of rotatable bonds is 9. The van der Waals surface area contributed by atoms with Gasteiger partial charge >= 0.3 is 0 Å². The van der Waals surface area contributed by atoms with E-state index in [2.05, 4.69) is 299 Å². The zero-order chi connectivity index (χ0) is 48.2. The van der Waals surface area contributed by atoms with Crippen LogP contribution in [0, 0.1) is 0 Å². The molecular weight excluding hydrogens is 883 g/mol. The van der Waals surface area contributed by atoms with E-state index in [1.54, 1.807) is 0 Å². The Hall–Kier alpha value is -9.70. The molecule has 0 aliphatic carbocycles. The van der Waals surface area contributed by atoms with Crippen molar-refractivity contribution in [2.24, 2.45) is 0 Å². The van der Waals surface area contributed by atoms with Gasteiger partial charge < -0.3 is 14.0 Å². The van der Waals surface area contributed by atoms with Crippen LogP contribution in [-0.4, -0.2) is 9.13 Å². The Bertz CT molecular complexity index is 4160. The van der Waals surface area contributed by atoms with Gasteiger partial charge in [-0.25, -0.2) is 0 Å². The summed E-state index contributed by atoms with van der Waals surface area (Å²) in [6, 6.07) is 104. The lowest BCUT2D eigenvalue weighted by molar-refractivity contribution is 1.18. The fourth-order valence-corrected chi connectivity index (χ4v) is 11.1. The number of aromatic nitrogens is 2. The van der Waals surface area contributed by atoms with E-state index in [4.69, 9.17) is 0 Å². The largest absolute Gasteiger partial charge is 0.310 e. The predicted molar refractivity (Wildman–Crippen MR) is 309 cm³/mol. The highest BCUT2D eigenvalue weighted by molar-refractivity contribution is 6.12. The van der Waals surface area contributed by atoms with Crippen LogP contribution in [0.2, 0.25) is 0 Å². The molecular formula is C70H47N3. The molecule has 0 atom stereocenters. The summed E-state index contributed by atoms with van der Waals surface area (Å²) in [4.78, 5) is 2.34. The summed E-state index contributed by atoms with van der Waals surface area (Å²) in [6.45, 7) is 0. The Balaban J connectivity index is 0.873. The highest BCUT2D eigenvalue weighted by Gasteiger charge is 2.18. The molecule has 0 aliphatic rings. The van der Waals surface area contributed by atoms with Gasteiger partial charge in [0.25, 0.3) is 0 Å². The number of anilines is 3. The topological polar surface area (TPSA) is 13.1 Å². The molecule has 0 unspecified atom stereocenters. The van der Waals surface area contributed by atoms with E-state index < -0.39 is 0 Å². The lowest BCUT2D eigenvalue weighted by Crippen LogP contribution is -2.09. The summed E-state index contributed by atoms with van der Waals surface area (Å²) in [7, 11) is 0. The number of nitrogens with zero attached hydrogens (tertiary/aromatic N) is 3. The molecule has 0 saturated carbocycles. The molecule has 342 valence electrons. The molecule has 3 heteroatoms. The van der Waals surface area contributed by atoms with Crippen LogP contribution in [0.3, 0.4) is 0 Å². The van der Waals surface area contributed by atoms with Crippen LogP contribution in [0.15, 0.2) is 285 Å². The second-order valence-electron chi connectivity index (χ2n) is 19.0. The number of hydrogen-bond donors (Lipinski definition) is 0. The van der Waals surface area contributed by atoms with Gasteiger partial charge in [-0.1, -0.05) is 170 Å². The van der Waals surface area contributed by atoms with Crippen LogP contribution in [0.4, 0.5) is 17.1 Å².